The fraction of sp³-hybridized carbons (Fsp3) is 0.618. The second-order valence-corrected chi connectivity index (χ2v) is 15.1. The molecule has 5 unspecified atom stereocenters. The number of carbonyl (C=O) groups excluding carboxylic acids is 1. The van der Waals surface area contributed by atoms with Crippen molar-refractivity contribution in [1.29, 1.82) is 0 Å². The van der Waals surface area contributed by atoms with E-state index in [9.17, 15) is 18.3 Å². The summed E-state index contributed by atoms with van der Waals surface area (Å²) < 4.78 is 68.1. The van der Waals surface area contributed by atoms with E-state index in [-0.39, 0.29) is 55.9 Å². The number of hydrogen-bond donors (Lipinski definition) is 2. The molecule has 2 N–H and O–H groups in total. The number of aliphatic hydroxyl groups is 1. The summed E-state index contributed by atoms with van der Waals surface area (Å²) in [5.41, 5.74) is 0.812. The topological polar surface area (TPSA) is 155 Å². The minimum absolute atomic E-state index is 0.0135. The average molecular weight is 706 g/mol. The third-order valence-electron chi connectivity index (χ3n) is 9.11. The Morgan fingerprint density at radius 3 is 2.59 bits per heavy atom. The number of benzene rings is 2. The fourth-order valence-electron chi connectivity index (χ4n) is 6.45. The maximum Gasteiger partial charge on any atom is 0.407 e. The molecule has 4 aliphatic heterocycles. The molecule has 2 aromatic rings. The Bertz CT molecular complexity index is 1500. The van der Waals surface area contributed by atoms with E-state index in [0.29, 0.717) is 30.5 Å². The van der Waals surface area contributed by atoms with E-state index in [1.165, 1.54) is 16.4 Å². The molecule has 0 bridgehead atoms. The van der Waals surface area contributed by atoms with E-state index in [1.54, 1.807) is 6.07 Å². The van der Waals surface area contributed by atoms with E-state index >= 15 is 0 Å². The first-order valence-corrected chi connectivity index (χ1v) is 18.4. The highest BCUT2D eigenvalue weighted by molar-refractivity contribution is 7.89. The van der Waals surface area contributed by atoms with Gasteiger partial charge in [0.1, 0.15) is 18.5 Å². The Labute approximate surface area is 287 Å². The number of rotatable bonds is 15. The SMILES string of the molecule is CC(C)CN(CC(O)C(Cc1ccc(OCCN2CCOCC2)cc1)NC(=O)OC1COC2OCCC12)S(=O)(=O)c1ccc2c(c1)OCO2. The van der Waals surface area contributed by atoms with Crippen molar-refractivity contribution in [3.63, 3.8) is 0 Å². The van der Waals surface area contributed by atoms with E-state index in [4.69, 9.17) is 33.2 Å². The molecule has 3 fully saturated rings. The highest BCUT2D eigenvalue weighted by atomic mass is 32.2. The number of nitrogens with one attached hydrogen (secondary N) is 1. The van der Waals surface area contributed by atoms with Crippen LogP contribution in [0.1, 0.15) is 25.8 Å². The van der Waals surface area contributed by atoms with Crippen LogP contribution in [-0.4, -0.2) is 126 Å². The number of fused-ring (bicyclic) bond motifs is 2. The van der Waals surface area contributed by atoms with Crippen LogP contribution in [0.4, 0.5) is 4.79 Å². The summed E-state index contributed by atoms with van der Waals surface area (Å²) in [6, 6.07) is 11.0. The zero-order valence-electron chi connectivity index (χ0n) is 28.0. The molecule has 0 aliphatic carbocycles. The van der Waals surface area contributed by atoms with E-state index < -0.39 is 34.4 Å². The maximum absolute atomic E-state index is 13.9. The van der Waals surface area contributed by atoms with Crippen LogP contribution in [0.25, 0.3) is 0 Å². The molecule has 4 heterocycles. The Hall–Kier alpha value is -3.18. The van der Waals surface area contributed by atoms with Crippen LogP contribution in [0.2, 0.25) is 0 Å². The van der Waals surface area contributed by atoms with Crippen molar-refractivity contribution >= 4 is 16.1 Å². The number of amides is 1. The number of aliphatic hydroxyl groups excluding tert-OH is 1. The third kappa shape index (κ3) is 9.14. The standard InChI is InChI=1S/C34H47N3O11S/c1-23(2)19-37(49(40,41)26-7-8-30-31(18-26)47-22-46-30)20-29(38)28(35-34(39)48-32-21-45-33-27(32)9-13-44-33)17-24-3-5-25(6-4-24)43-16-12-36-10-14-42-15-11-36/h3-8,18,23,27-29,32-33,38H,9-17,19-22H2,1-2H3,(H,35,39). The summed E-state index contributed by atoms with van der Waals surface area (Å²) in [6.45, 7) is 9.01. The van der Waals surface area contributed by atoms with Crippen LogP contribution in [0.15, 0.2) is 47.4 Å². The van der Waals surface area contributed by atoms with Crippen molar-refractivity contribution < 1.29 is 51.5 Å². The molecule has 14 nitrogen and oxygen atoms in total. The van der Waals surface area contributed by atoms with Crippen LogP contribution < -0.4 is 19.5 Å². The lowest BCUT2D eigenvalue weighted by Gasteiger charge is -2.31. The molecule has 3 saturated heterocycles. The lowest BCUT2D eigenvalue weighted by molar-refractivity contribution is -0.0907. The summed E-state index contributed by atoms with van der Waals surface area (Å²) in [7, 11) is -4.06. The maximum atomic E-state index is 13.9. The summed E-state index contributed by atoms with van der Waals surface area (Å²) >= 11 is 0. The Morgan fingerprint density at radius 2 is 1.82 bits per heavy atom. The highest BCUT2D eigenvalue weighted by Crippen LogP contribution is 2.35. The molecule has 0 aromatic heterocycles. The normalized spacial score (nSPS) is 23.4. The number of nitrogens with zero attached hydrogens (tertiary/aromatic N) is 2. The predicted molar refractivity (Wildman–Crippen MR) is 176 cm³/mol. The van der Waals surface area contributed by atoms with Crippen molar-refractivity contribution in [2.45, 2.75) is 56.1 Å². The number of alkyl carbamates (subject to hydrolysis) is 1. The zero-order chi connectivity index (χ0) is 34.4. The molecular formula is C34H47N3O11S. The average Bonchev–Trinajstić information content (AvgIpc) is 3.84. The molecule has 0 radical (unpaired) electrons. The van der Waals surface area contributed by atoms with Gasteiger partial charge in [0.15, 0.2) is 17.8 Å². The second kappa shape index (κ2) is 16.2. The van der Waals surface area contributed by atoms with Gasteiger partial charge in [0.2, 0.25) is 16.8 Å². The van der Waals surface area contributed by atoms with Crippen LogP contribution in [0, 0.1) is 11.8 Å². The number of hydrogen-bond acceptors (Lipinski definition) is 12. The van der Waals surface area contributed by atoms with Gasteiger partial charge in [-0.25, -0.2) is 13.2 Å². The lowest BCUT2D eigenvalue weighted by atomic mass is 10.0. The van der Waals surface area contributed by atoms with Crippen LogP contribution in [-0.2, 0) is 35.4 Å². The van der Waals surface area contributed by atoms with Gasteiger partial charge >= 0.3 is 6.09 Å². The molecular weight excluding hydrogens is 658 g/mol. The van der Waals surface area contributed by atoms with Gasteiger partial charge in [-0.2, -0.15) is 4.31 Å². The van der Waals surface area contributed by atoms with Crippen molar-refractivity contribution in [1.82, 2.24) is 14.5 Å². The van der Waals surface area contributed by atoms with Crippen molar-refractivity contribution in [3.05, 3.63) is 48.0 Å². The van der Waals surface area contributed by atoms with Crippen LogP contribution in [0.3, 0.4) is 0 Å². The summed E-state index contributed by atoms with van der Waals surface area (Å²) in [5.74, 6) is 1.40. The van der Waals surface area contributed by atoms with Crippen LogP contribution in [0.5, 0.6) is 17.2 Å². The van der Waals surface area contributed by atoms with Gasteiger partial charge in [-0.3, -0.25) is 4.90 Å². The minimum Gasteiger partial charge on any atom is -0.492 e. The lowest BCUT2D eigenvalue weighted by Crippen LogP contribution is -2.51. The quantitative estimate of drug-likeness (QED) is 0.279. The Morgan fingerprint density at radius 1 is 1.04 bits per heavy atom. The monoisotopic (exact) mass is 705 g/mol. The van der Waals surface area contributed by atoms with Gasteiger partial charge in [-0.1, -0.05) is 26.0 Å². The predicted octanol–water partition coefficient (Wildman–Crippen LogP) is 2.23. The van der Waals surface area contributed by atoms with Gasteiger partial charge in [0.25, 0.3) is 0 Å². The molecule has 1 amide bonds. The first-order chi connectivity index (χ1) is 23.7. The van der Waals surface area contributed by atoms with Gasteiger partial charge in [-0.05, 0) is 48.6 Å². The summed E-state index contributed by atoms with van der Waals surface area (Å²) in [5, 5.41) is 14.5. The molecule has 4 aliphatic rings. The smallest absolute Gasteiger partial charge is 0.407 e. The molecule has 15 heteroatoms. The van der Waals surface area contributed by atoms with Crippen molar-refractivity contribution in [2.75, 3.05) is 72.6 Å². The fourth-order valence-corrected chi connectivity index (χ4v) is 8.08. The third-order valence-corrected chi connectivity index (χ3v) is 10.9. The molecule has 6 rings (SSSR count). The summed E-state index contributed by atoms with van der Waals surface area (Å²) in [6.07, 6.45) is -1.95. The molecule has 270 valence electrons. The molecule has 0 saturated carbocycles. The Kier molecular flexibility index (Phi) is 11.8. The van der Waals surface area contributed by atoms with Gasteiger partial charge in [0.05, 0.1) is 49.4 Å². The van der Waals surface area contributed by atoms with Gasteiger partial charge in [0, 0.05) is 38.8 Å². The zero-order valence-corrected chi connectivity index (χ0v) is 28.8. The van der Waals surface area contributed by atoms with E-state index in [1.807, 2.05) is 38.1 Å². The van der Waals surface area contributed by atoms with Crippen molar-refractivity contribution in [3.8, 4) is 17.2 Å². The van der Waals surface area contributed by atoms with Crippen LogP contribution >= 0.6 is 0 Å². The first-order valence-electron chi connectivity index (χ1n) is 17.0. The Balaban J connectivity index is 1.15. The first kappa shape index (κ1) is 35.6. The molecule has 5 atom stereocenters. The highest BCUT2D eigenvalue weighted by Gasteiger charge is 2.44. The molecule has 2 aromatic carbocycles. The molecule has 0 spiro atoms. The van der Waals surface area contributed by atoms with Gasteiger partial charge < -0.3 is 43.6 Å². The number of ether oxygens (including phenoxy) is 7. The van der Waals surface area contributed by atoms with E-state index in [0.717, 1.165) is 44.8 Å². The van der Waals surface area contributed by atoms with Gasteiger partial charge in [-0.15, -0.1) is 0 Å². The summed E-state index contributed by atoms with van der Waals surface area (Å²) in [4.78, 5) is 15.6. The second-order valence-electron chi connectivity index (χ2n) is 13.2. The number of carbonyl (C=O) groups is 1. The molecule has 49 heavy (non-hydrogen) atoms. The van der Waals surface area contributed by atoms with Crippen molar-refractivity contribution in [2.24, 2.45) is 11.8 Å². The minimum atomic E-state index is -4.06. The van der Waals surface area contributed by atoms with E-state index in [2.05, 4.69) is 10.2 Å². The number of morpholine rings is 1. The number of sulfonamides is 1. The largest absolute Gasteiger partial charge is 0.492 e.